The van der Waals surface area contributed by atoms with Gasteiger partial charge in [-0.15, -0.1) is 0 Å². The summed E-state index contributed by atoms with van der Waals surface area (Å²) in [7, 11) is -5.57. The molecule has 10 heteroatoms. The summed E-state index contributed by atoms with van der Waals surface area (Å²) in [5.74, 6) is -12.4. The van der Waals surface area contributed by atoms with E-state index in [9.17, 15) is 30.8 Å². The van der Waals surface area contributed by atoms with E-state index in [2.05, 4.69) is 4.74 Å². The minimum atomic E-state index is -5.57. The number of ether oxygens (including phenoxy) is 1. The fourth-order valence-electron chi connectivity index (χ4n) is 1.91. The number of carbonyl (C=O) groups is 1. The molecule has 0 fully saturated rings. The van der Waals surface area contributed by atoms with E-state index in [-0.39, 0.29) is 12.3 Å². The zero-order valence-electron chi connectivity index (χ0n) is 13.3. The Bertz CT molecular complexity index is 747. The number of rotatable bonds is 5. The number of carbonyl (C=O) groups excluding carboxylic acids is 1. The van der Waals surface area contributed by atoms with Crippen molar-refractivity contribution in [1.82, 2.24) is 0 Å². The van der Waals surface area contributed by atoms with Crippen molar-refractivity contribution in [3.05, 3.63) is 23.3 Å². The van der Waals surface area contributed by atoms with Gasteiger partial charge in [0.05, 0.1) is 5.41 Å². The maximum atomic E-state index is 13.9. The van der Waals surface area contributed by atoms with E-state index >= 15 is 0 Å². The SMILES string of the molecule is CCC(C)(C(=O)Oc1c(F)c(F)c(S(=O)(=O)O)c(F)c1F)C(C)C. The third-order valence-electron chi connectivity index (χ3n) is 4.11. The van der Waals surface area contributed by atoms with Crippen LogP contribution in [0.1, 0.15) is 34.1 Å². The number of benzene rings is 1. The van der Waals surface area contributed by atoms with Crippen LogP contribution in [-0.2, 0) is 14.9 Å². The van der Waals surface area contributed by atoms with Gasteiger partial charge in [-0.2, -0.15) is 17.2 Å². The van der Waals surface area contributed by atoms with Crippen molar-refractivity contribution >= 4 is 16.1 Å². The molecule has 136 valence electrons. The van der Waals surface area contributed by atoms with Crippen molar-refractivity contribution in [2.24, 2.45) is 11.3 Å². The highest BCUT2D eigenvalue weighted by Crippen LogP contribution is 2.36. The Morgan fingerprint density at radius 3 is 1.83 bits per heavy atom. The molecule has 0 heterocycles. The third kappa shape index (κ3) is 3.39. The van der Waals surface area contributed by atoms with Crippen LogP contribution in [0.3, 0.4) is 0 Å². The molecule has 1 unspecified atom stereocenters. The first kappa shape index (κ1) is 20.4. The number of esters is 1. The average molecular weight is 372 g/mol. The minimum absolute atomic E-state index is 0.209. The molecule has 1 rings (SSSR count). The molecule has 0 aliphatic heterocycles. The summed E-state index contributed by atoms with van der Waals surface area (Å²) in [6, 6.07) is 0. The summed E-state index contributed by atoms with van der Waals surface area (Å²) in [6.07, 6.45) is 0.209. The van der Waals surface area contributed by atoms with Gasteiger partial charge in [0.25, 0.3) is 0 Å². The molecule has 24 heavy (non-hydrogen) atoms. The van der Waals surface area contributed by atoms with Gasteiger partial charge < -0.3 is 4.74 Å². The van der Waals surface area contributed by atoms with Gasteiger partial charge >= 0.3 is 16.1 Å². The highest BCUT2D eigenvalue weighted by atomic mass is 32.2. The van der Waals surface area contributed by atoms with E-state index in [1.165, 1.54) is 6.92 Å². The predicted octanol–water partition coefficient (Wildman–Crippen LogP) is 3.47. The zero-order valence-corrected chi connectivity index (χ0v) is 14.1. The van der Waals surface area contributed by atoms with Crippen molar-refractivity contribution in [3.8, 4) is 5.75 Å². The smallest absolute Gasteiger partial charge is 0.317 e. The Balaban J connectivity index is 3.52. The van der Waals surface area contributed by atoms with Gasteiger partial charge in [0.1, 0.15) is 0 Å². The van der Waals surface area contributed by atoms with E-state index in [4.69, 9.17) is 4.55 Å². The minimum Gasteiger partial charge on any atom is -0.420 e. The van der Waals surface area contributed by atoms with Crippen LogP contribution >= 0.6 is 0 Å². The topological polar surface area (TPSA) is 80.7 Å². The van der Waals surface area contributed by atoms with Crippen LogP contribution in [0.4, 0.5) is 17.6 Å². The predicted molar refractivity (Wildman–Crippen MR) is 75.0 cm³/mol. The van der Waals surface area contributed by atoms with Gasteiger partial charge in [0.2, 0.25) is 17.4 Å². The van der Waals surface area contributed by atoms with Crippen molar-refractivity contribution in [3.63, 3.8) is 0 Å². The van der Waals surface area contributed by atoms with E-state index in [1.807, 2.05) is 0 Å². The summed E-state index contributed by atoms with van der Waals surface area (Å²) in [6.45, 7) is 6.33. The van der Waals surface area contributed by atoms with Crippen molar-refractivity contribution < 1.29 is 40.1 Å². The molecule has 1 aromatic carbocycles. The van der Waals surface area contributed by atoms with Crippen LogP contribution in [0.5, 0.6) is 5.75 Å². The Hall–Kier alpha value is -1.68. The number of halogens is 4. The van der Waals surface area contributed by atoms with Crippen LogP contribution in [0.25, 0.3) is 0 Å². The summed E-state index contributed by atoms with van der Waals surface area (Å²) in [5.41, 5.74) is -1.20. The molecule has 0 radical (unpaired) electrons. The summed E-state index contributed by atoms with van der Waals surface area (Å²) in [4.78, 5) is 9.95. The fourth-order valence-corrected chi connectivity index (χ4v) is 2.54. The second-order valence-corrected chi connectivity index (χ2v) is 7.06. The van der Waals surface area contributed by atoms with Gasteiger partial charge in [-0.05, 0) is 19.3 Å². The van der Waals surface area contributed by atoms with Crippen molar-refractivity contribution in [2.45, 2.75) is 39.0 Å². The molecule has 1 atom stereocenters. The highest BCUT2D eigenvalue weighted by molar-refractivity contribution is 7.85. The third-order valence-corrected chi connectivity index (χ3v) is 4.98. The molecule has 0 aliphatic rings. The average Bonchev–Trinajstić information content (AvgIpc) is 2.46. The van der Waals surface area contributed by atoms with Crippen LogP contribution in [0, 0.1) is 34.6 Å². The van der Waals surface area contributed by atoms with Gasteiger partial charge in [-0.25, -0.2) is 8.78 Å². The van der Waals surface area contributed by atoms with E-state index in [0.29, 0.717) is 0 Å². The second kappa shape index (κ2) is 6.67. The lowest BCUT2D eigenvalue weighted by Gasteiger charge is -2.29. The first-order valence-electron chi connectivity index (χ1n) is 6.84. The summed E-state index contributed by atoms with van der Waals surface area (Å²) < 4.78 is 89.9. The van der Waals surface area contributed by atoms with Crippen LogP contribution in [-0.4, -0.2) is 18.9 Å². The molecule has 1 N–H and O–H groups in total. The van der Waals surface area contributed by atoms with Crippen LogP contribution in [0.2, 0.25) is 0 Å². The molecule has 0 bridgehead atoms. The molecule has 0 saturated carbocycles. The standard InChI is InChI=1S/C14H16F4O5S/c1-5-14(4,6(2)3)13(19)23-11-7(15)9(17)12(24(20,21)22)10(18)8(11)16/h6H,5H2,1-4H3,(H,20,21,22). The quantitative estimate of drug-likeness (QED) is 0.281. The van der Waals surface area contributed by atoms with Gasteiger partial charge in [0, 0.05) is 0 Å². The molecule has 0 aliphatic carbocycles. The summed E-state index contributed by atoms with van der Waals surface area (Å²) in [5, 5.41) is 0. The lowest BCUT2D eigenvalue weighted by molar-refractivity contribution is -0.148. The molecular weight excluding hydrogens is 356 g/mol. The Kier molecular flexibility index (Phi) is 5.66. The maximum absolute atomic E-state index is 13.9. The number of hydrogen-bond acceptors (Lipinski definition) is 4. The lowest BCUT2D eigenvalue weighted by Crippen LogP contribution is -2.36. The van der Waals surface area contributed by atoms with E-state index in [0.717, 1.165) is 0 Å². The first-order chi connectivity index (χ1) is 10.8. The van der Waals surface area contributed by atoms with Crippen molar-refractivity contribution in [1.29, 1.82) is 0 Å². The van der Waals surface area contributed by atoms with Crippen LogP contribution < -0.4 is 4.74 Å². The van der Waals surface area contributed by atoms with E-state index in [1.54, 1.807) is 20.8 Å². The van der Waals surface area contributed by atoms with Gasteiger partial charge in [-0.3, -0.25) is 9.35 Å². The normalized spacial score (nSPS) is 14.6. The molecule has 0 saturated heterocycles. The maximum Gasteiger partial charge on any atom is 0.317 e. The largest absolute Gasteiger partial charge is 0.420 e. The fraction of sp³-hybridized carbons (Fsp3) is 0.500. The highest BCUT2D eigenvalue weighted by Gasteiger charge is 2.40. The number of hydrogen-bond donors (Lipinski definition) is 1. The van der Waals surface area contributed by atoms with Crippen LogP contribution in [0.15, 0.2) is 4.90 Å². The molecule has 0 spiro atoms. The lowest BCUT2D eigenvalue weighted by atomic mass is 9.77. The molecular formula is C14H16F4O5S. The van der Waals surface area contributed by atoms with Gasteiger partial charge in [-0.1, -0.05) is 20.8 Å². The van der Waals surface area contributed by atoms with Gasteiger partial charge in [0.15, 0.2) is 16.5 Å². The Morgan fingerprint density at radius 1 is 1.12 bits per heavy atom. The molecule has 0 aromatic heterocycles. The van der Waals surface area contributed by atoms with Crippen molar-refractivity contribution in [2.75, 3.05) is 0 Å². The second-order valence-electron chi connectivity index (χ2n) is 5.70. The zero-order chi connectivity index (χ0) is 19.0. The van der Waals surface area contributed by atoms with E-state index < -0.39 is 55.4 Å². The molecule has 1 aromatic rings. The monoisotopic (exact) mass is 372 g/mol. The molecule has 0 amide bonds. The molecule has 5 nitrogen and oxygen atoms in total. The summed E-state index contributed by atoms with van der Waals surface area (Å²) >= 11 is 0. The Morgan fingerprint density at radius 2 is 1.54 bits per heavy atom. The first-order valence-corrected chi connectivity index (χ1v) is 8.28. The Labute approximate surface area is 136 Å².